The monoisotopic (exact) mass is 246 g/mol. The summed E-state index contributed by atoms with van der Waals surface area (Å²) < 4.78 is 0. The maximum atomic E-state index is 6.09. The Morgan fingerprint density at radius 2 is 1.89 bits per heavy atom. The van der Waals surface area contributed by atoms with E-state index in [4.69, 9.17) is 5.73 Å². The lowest BCUT2D eigenvalue weighted by atomic mass is 9.48. The first kappa shape index (κ1) is 13.5. The Labute approximate surface area is 111 Å². The van der Waals surface area contributed by atoms with Gasteiger partial charge in [0.15, 0.2) is 0 Å². The minimum atomic E-state index is 0.207. The number of nitrogens with two attached hydrogens (primary N) is 1. The molecule has 18 heavy (non-hydrogen) atoms. The summed E-state index contributed by atoms with van der Waals surface area (Å²) in [4.78, 5) is 4.26. The van der Waals surface area contributed by atoms with E-state index >= 15 is 0 Å². The van der Waals surface area contributed by atoms with Crippen LogP contribution in [0.15, 0.2) is 24.5 Å². The molecule has 1 aromatic heterocycles. The highest BCUT2D eigenvalue weighted by Crippen LogP contribution is 2.59. The van der Waals surface area contributed by atoms with Gasteiger partial charge in [0.2, 0.25) is 0 Å². The molecule has 0 radical (unpaired) electrons. The van der Waals surface area contributed by atoms with Crippen LogP contribution >= 0.6 is 0 Å². The molecule has 0 atom stereocenters. The van der Waals surface area contributed by atoms with Crippen LogP contribution in [0, 0.1) is 5.41 Å². The molecular weight excluding hydrogens is 220 g/mol. The third-order valence-corrected chi connectivity index (χ3v) is 4.65. The Morgan fingerprint density at radius 1 is 1.22 bits per heavy atom. The molecule has 100 valence electrons. The van der Waals surface area contributed by atoms with Crippen LogP contribution in [0.3, 0.4) is 0 Å². The van der Waals surface area contributed by atoms with Crippen LogP contribution in [-0.2, 0) is 5.41 Å². The van der Waals surface area contributed by atoms with Gasteiger partial charge in [-0.3, -0.25) is 4.98 Å². The van der Waals surface area contributed by atoms with E-state index in [1.165, 1.54) is 44.1 Å². The Hall–Kier alpha value is -0.890. The van der Waals surface area contributed by atoms with Gasteiger partial charge in [-0.2, -0.15) is 0 Å². The lowest BCUT2D eigenvalue weighted by molar-refractivity contribution is 0.00765. The molecule has 1 aliphatic rings. The molecule has 1 aliphatic carbocycles. The van der Waals surface area contributed by atoms with Gasteiger partial charge in [-0.15, -0.1) is 0 Å². The second-order valence-corrected chi connectivity index (χ2v) is 6.08. The molecule has 0 aliphatic heterocycles. The Morgan fingerprint density at radius 3 is 2.33 bits per heavy atom. The van der Waals surface area contributed by atoms with Crippen molar-refractivity contribution in [2.75, 3.05) is 6.54 Å². The average Bonchev–Trinajstić information content (AvgIpc) is 2.36. The number of rotatable bonds is 6. The van der Waals surface area contributed by atoms with Gasteiger partial charge in [-0.1, -0.05) is 32.8 Å². The second kappa shape index (κ2) is 5.40. The van der Waals surface area contributed by atoms with Gasteiger partial charge in [0, 0.05) is 24.4 Å². The molecule has 0 spiro atoms. The molecule has 2 N–H and O–H groups in total. The van der Waals surface area contributed by atoms with Gasteiger partial charge in [0.1, 0.15) is 0 Å². The summed E-state index contributed by atoms with van der Waals surface area (Å²) >= 11 is 0. The molecule has 0 bridgehead atoms. The first-order valence-electron chi connectivity index (χ1n) is 7.31. The highest BCUT2D eigenvalue weighted by Gasteiger charge is 2.53. The third-order valence-electron chi connectivity index (χ3n) is 4.65. The van der Waals surface area contributed by atoms with Crippen LogP contribution in [0.5, 0.6) is 0 Å². The van der Waals surface area contributed by atoms with E-state index in [0.717, 1.165) is 6.54 Å². The molecule has 1 fully saturated rings. The molecular formula is C16H26N2. The molecule has 0 amide bonds. The largest absolute Gasteiger partial charge is 0.330 e. The Balaban J connectivity index is 2.15. The van der Waals surface area contributed by atoms with Gasteiger partial charge in [-0.25, -0.2) is 0 Å². The predicted octanol–water partition coefficient (Wildman–Crippen LogP) is 3.66. The van der Waals surface area contributed by atoms with Gasteiger partial charge >= 0.3 is 0 Å². The maximum absolute atomic E-state index is 6.09. The van der Waals surface area contributed by atoms with Crippen molar-refractivity contribution < 1.29 is 0 Å². The lowest BCUT2D eigenvalue weighted by Gasteiger charge is -2.57. The normalized spacial score (nSPS) is 20.4. The van der Waals surface area contributed by atoms with Crippen molar-refractivity contribution in [3.63, 3.8) is 0 Å². The number of hydrogen-bond acceptors (Lipinski definition) is 2. The van der Waals surface area contributed by atoms with Crippen molar-refractivity contribution in [1.29, 1.82) is 0 Å². The summed E-state index contributed by atoms with van der Waals surface area (Å²) in [6.07, 6.45) is 11.6. The van der Waals surface area contributed by atoms with E-state index in [-0.39, 0.29) is 5.41 Å². The Kier molecular flexibility index (Phi) is 4.06. The van der Waals surface area contributed by atoms with E-state index in [1.54, 1.807) is 0 Å². The summed E-state index contributed by atoms with van der Waals surface area (Å²) in [6.45, 7) is 5.35. The van der Waals surface area contributed by atoms with Crippen LogP contribution in [0.4, 0.5) is 0 Å². The molecule has 2 nitrogen and oxygen atoms in total. The summed E-state index contributed by atoms with van der Waals surface area (Å²) in [5.74, 6) is 0. The topological polar surface area (TPSA) is 38.9 Å². The van der Waals surface area contributed by atoms with E-state index in [2.05, 4.69) is 24.9 Å². The zero-order valence-corrected chi connectivity index (χ0v) is 11.8. The molecule has 2 heteroatoms. The molecule has 0 unspecified atom stereocenters. The molecule has 0 aromatic carbocycles. The van der Waals surface area contributed by atoms with Crippen molar-refractivity contribution in [2.45, 2.75) is 57.8 Å². The van der Waals surface area contributed by atoms with E-state index in [1.807, 2.05) is 18.5 Å². The highest BCUT2D eigenvalue weighted by atomic mass is 14.7. The van der Waals surface area contributed by atoms with E-state index in [9.17, 15) is 0 Å². The Bertz CT molecular complexity index is 358. The standard InChI is InChI=1S/C16H26N2/c1-3-7-15(8-4-2)11-16(12-15,13-17)14-6-5-9-18-10-14/h5-6,9-10H,3-4,7-8,11-13,17H2,1-2H3. The molecule has 1 aromatic rings. The van der Waals surface area contributed by atoms with Gasteiger partial charge in [0.25, 0.3) is 0 Å². The first-order valence-corrected chi connectivity index (χ1v) is 7.31. The summed E-state index contributed by atoms with van der Waals surface area (Å²) in [6, 6.07) is 4.23. The number of aromatic nitrogens is 1. The quantitative estimate of drug-likeness (QED) is 0.832. The maximum Gasteiger partial charge on any atom is 0.0306 e. The number of hydrogen-bond donors (Lipinski definition) is 1. The fourth-order valence-electron chi connectivity index (χ4n) is 4.07. The van der Waals surface area contributed by atoms with E-state index in [0.29, 0.717) is 5.41 Å². The smallest absolute Gasteiger partial charge is 0.0306 e. The van der Waals surface area contributed by atoms with Gasteiger partial charge < -0.3 is 5.73 Å². The average molecular weight is 246 g/mol. The summed E-state index contributed by atoms with van der Waals surface area (Å²) in [7, 11) is 0. The van der Waals surface area contributed by atoms with Crippen LogP contribution in [-0.4, -0.2) is 11.5 Å². The van der Waals surface area contributed by atoms with Crippen molar-refractivity contribution in [3.05, 3.63) is 30.1 Å². The third kappa shape index (κ3) is 2.31. The van der Waals surface area contributed by atoms with Crippen molar-refractivity contribution >= 4 is 0 Å². The SMILES string of the molecule is CCCC1(CCC)CC(CN)(c2cccnc2)C1. The zero-order valence-electron chi connectivity index (χ0n) is 11.8. The molecule has 1 heterocycles. The minimum Gasteiger partial charge on any atom is -0.330 e. The lowest BCUT2D eigenvalue weighted by Crippen LogP contribution is -2.53. The fourth-order valence-corrected chi connectivity index (χ4v) is 4.07. The predicted molar refractivity (Wildman–Crippen MR) is 76.5 cm³/mol. The van der Waals surface area contributed by atoms with Gasteiger partial charge in [0.05, 0.1) is 0 Å². The highest BCUT2D eigenvalue weighted by molar-refractivity contribution is 5.29. The fraction of sp³-hybridized carbons (Fsp3) is 0.688. The zero-order chi connectivity index (χ0) is 13.1. The van der Waals surface area contributed by atoms with Crippen LogP contribution < -0.4 is 5.73 Å². The minimum absolute atomic E-state index is 0.207. The molecule has 2 rings (SSSR count). The van der Waals surface area contributed by atoms with Crippen molar-refractivity contribution in [3.8, 4) is 0 Å². The summed E-state index contributed by atoms with van der Waals surface area (Å²) in [5, 5.41) is 0. The van der Waals surface area contributed by atoms with Crippen LogP contribution in [0.2, 0.25) is 0 Å². The van der Waals surface area contributed by atoms with Gasteiger partial charge in [-0.05, 0) is 42.7 Å². The second-order valence-electron chi connectivity index (χ2n) is 6.08. The summed E-state index contributed by atoms with van der Waals surface area (Å²) in [5.41, 5.74) is 8.19. The van der Waals surface area contributed by atoms with Crippen LogP contribution in [0.1, 0.15) is 57.9 Å². The number of nitrogens with zero attached hydrogens (tertiary/aromatic N) is 1. The van der Waals surface area contributed by atoms with Crippen molar-refractivity contribution in [2.24, 2.45) is 11.1 Å². The number of pyridine rings is 1. The van der Waals surface area contributed by atoms with Crippen molar-refractivity contribution in [1.82, 2.24) is 4.98 Å². The van der Waals surface area contributed by atoms with Crippen LogP contribution in [0.25, 0.3) is 0 Å². The van der Waals surface area contributed by atoms with E-state index < -0.39 is 0 Å². The molecule has 0 saturated heterocycles. The first-order chi connectivity index (χ1) is 8.70. The molecule has 1 saturated carbocycles.